The molecule has 0 spiro atoms. The molecule has 0 aliphatic carbocycles. The summed E-state index contributed by atoms with van der Waals surface area (Å²) in [5, 5.41) is 15.3. The van der Waals surface area contributed by atoms with Gasteiger partial charge in [-0.25, -0.2) is 4.79 Å². The van der Waals surface area contributed by atoms with Crippen LogP contribution in [0.1, 0.15) is 43.5 Å². The number of amides is 3. The maximum Gasteiger partial charge on any atom is 0.321 e. The van der Waals surface area contributed by atoms with E-state index < -0.39 is 17.9 Å². The molecule has 7 heteroatoms. The molecule has 0 saturated heterocycles. The Morgan fingerprint density at radius 2 is 2.10 bits per heavy atom. The van der Waals surface area contributed by atoms with Crippen LogP contribution in [0.5, 0.6) is 0 Å². The summed E-state index contributed by atoms with van der Waals surface area (Å²) in [6.07, 6.45) is 0.884. The third-order valence-electron chi connectivity index (χ3n) is 2.65. The van der Waals surface area contributed by atoms with Crippen LogP contribution >= 0.6 is 11.3 Å². The SMILES string of the molecule is CCC(NC(=O)NC(=O)CCCC(=O)O)c1cccs1. The van der Waals surface area contributed by atoms with Crippen molar-refractivity contribution in [2.75, 3.05) is 0 Å². The van der Waals surface area contributed by atoms with Crippen LogP contribution in [-0.2, 0) is 9.59 Å². The number of rotatable bonds is 7. The fourth-order valence-electron chi connectivity index (χ4n) is 1.65. The summed E-state index contributed by atoms with van der Waals surface area (Å²) in [4.78, 5) is 34.4. The maximum atomic E-state index is 11.7. The molecule has 3 amide bonds. The zero-order valence-corrected chi connectivity index (χ0v) is 12.0. The van der Waals surface area contributed by atoms with Crippen molar-refractivity contribution in [1.82, 2.24) is 10.6 Å². The van der Waals surface area contributed by atoms with E-state index in [1.165, 1.54) is 0 Å². The highest BCUT2D eigenvalue weighted by atomic mass is 32.1. The first-order chi connectivity index (χ1) is 9.52. The molecule has 0 saturated carbocycles. The van der Waals surface area contributed by atoms with Crippen molar-refractivity contribution in [3.8, 4) is 0 Å². The molecule has 0 aromatic carbocycles. The maximum absolute atomic E-state index is 11.7. The molecule has 1 heterocycles. The number of carboxylic acids is 1. The van der Waals surface area contributed by atoms with Gasteiger partial charge < -0.3 is 10.4 Å². The van der Waals surface area contributed by atoms with E-state index in [4.69, 9.17) is 5.11 Å². The predicted molar refractivity (Wildman–Crippen MR) is 75.5 cm³/mol. The van der Waals surface area contributed by atoms with Crippen LogP contribution in [0.2, 0.25) is 0 Å². The lowest BCUT2D eigenvalue weighted by Crippen LogP contribution is -2.40. The van der Waals surface area contributed by atoms with E-state index in [0.717, 1.165) is 11.3 Å². The molecule has 6 nitrogen and oxygen atoms in total. The molecule has 0 fully saturated rings. The van der Waals surface area contributed by atoms with Gasteiger partial charge in [0.2, 0.25) is 5.91 Å². The summed E-state index contributed by atoms with van der Waals surface area (Å²) in [6.45, 7) is 1.94. The first kappa shape index (κ1) is 16.2. The van der Waals surface area contributed by atoms with Crippen molar-refractivity contribution in [1.29, 1.82) is 0 Å². The fraction of sp³-hybridized carbons (Fsp3) is 0.462. The number of urea groups is 1. The minimum atomic E-state index is -0.953. The standard InChI is InChI=1S/C13H18N2O4S/c1-2-9(10-5-4-8-20-10)14-13(19)15-11(16)6-3-7-12(17)18/h4-5,8-9H,2-3,6-7H2,1H3,(H,17,18)(H2,14,15,16,19). The second kappa shape index (κ2) is 8.31. The normalized spacial score (nSPS) is 11.7. The van der Waals surface area contributed by atoms with Gasteiger partial charge >= 0.3 is 12.0 Å². The Balaban J connectivity index is 2.35. The van der Waals surface area contributed by atoms with Crippen LogP contribution in [0.4, 0.5) is 4.79 Å². The molecule has 1 rings (SSSR count). The fourth-order valence-corrected chi connectivity index (χ4v) is 2.51. The molecule has 1 aromatic rings. The molecule has 1 unspecified atom stereocenters. The molecule has 0 radical (unpaired) electrons. The second-order valence-corrected chi connectivity index (χ2v) is 5.22. The number of aliphatic carboxylic acids is 1. The molecule has 0 aliphatic rings. The van der Waals surface area contributed by atoms with Crippen LogP contribution in [0, 0.1) is 0 Å². The van der Waals surface area contributed by atoms with Gasteiger partial charge in [0.25, 0.3) is 0 Å². The second-order valence-electron chi connectivity index (χ2n) is 4.25. The van der Waals surface area contributed by atoms with Gasteiger partial charge in [0.05, 0.1) is 6.04 Å². The van der Waals surface area contributed by atoms with Gasteiger partial charge in [-0.1, -0.05) is 13.0 Å². The predicted octanol–water partition coefficient (Wildman–Crippen LogP) is 2.28. The summed E-state index contributed by atoms with van der Waals surface area (Å²) in [5.74, 6) is -1.42. The minimum absolute atomic E-state index is 0.0233. The Bertz CT molecular complexity index is 459. The van der Waals surface area contributed by atoms with Crippen molar-refractivity contribution in [2.24, 2.45) is 0 Å². The van der Waals surface area contributed by atoms with Gasteiger partial charge in [0, 0.05) is 17.7 Å². The van der Waals surface area contributed by atoms with E-state index in [1.807, 2.05) is 24.4 Å². The topological polar surface area (TPSA) is 95.5 Å². The van der Waals surface area contributed by atoms with Gasteiger partial charge in [-0.15, -0.1) is 11.3 Å². The van der Waals surface area contributed by atoms with Gasteiger partial charge in [0.15, 0.2) is 0 Å². The number of imide groups is 1. The lowest BCUT2D eigenvalue weighted by atomic mass is 10.2. The molecular formula is C13H18N2O4S. The quantitative estimate of drug-likeness (QED) is 0.719. The summed E-state index contributed by atoms with van der Waals surface area (Å²) >= 11 is 1.54. The Morgan fingerprint density at radius 1 is 1.35 bits per heavy atom. The number of nitrogens with one attached hydrogen (secondary N) is 2. The van der Waals surface area contributed by atoms with Crippen LogP contribution in [-0.4, -0.2) is 23.0 Å². The summed E-state index contributed by atoms with van der Waals surface area (Å²) < 4.78 is 0. The minimum Gasteiger partial charge on any atom is -0.481 e. The lowest BCUT2D eigenvalue weighted by molar-refractivity contribution is -0.137. The third kappa shape index (κ3) is 5.83. The molecule has 3 N–H and O–H groups in total. The Kier molecular flexibility index (Phi) is 6.72. The average molecular weight is 298 g/mol. The summed E-state index contributed by atoms with van der Waals surface area (Å²) in [5.41, 5.74) is 0. The summed E-state index contributed by atoms with van der Waals surface area (Å²) in [7, 11) is 0. The van der Waals surface area contributed by atoms with Crippen molar-refractivity contribution in [3.63, 3.8) is 0 Å². The highest BCUT2D eigenvalue weighted by Gasteiger charge is 2.15. The molecule has 1 aromatic heterocycles. The Labute approximate surface area is 121 Å². The van der Waals surface area contributed by atoms with Gasteiger partial charge in [0.1, 0.15) is 0 Å². The number of hydrogen-bond donors (Lipinski definition) is 3. The zero-order valence-electron chi connectivity index (χ0n) is 11.2. The molecule has 0 aliphatic heterocycles. The van der Waals surface area contributed by atoms with E-state index in [-0.39, 0.29) is 25.3 Å². The molecular weight excluding hydrogens is 280 g/mol. The average Bonchev–Trinajstić information content (AvgIpc) is 2.89. The van der Waals surface area contributed by atoms with Gasteiger partial charge in [-0.2, -0.15) is 0 Å². The van der Waals surface area contributed by atoms with E-state index in [0.29, 0.717) is 0 Å². The number of thiophene rings is 1. The van der Waals surface area contributed by atoms with E-state index in [2.05, 4.69) is 10.6 Å². The third-order valence-corrected chi connectivity index (χ3v) is 3.63. The van der Waals surface area contributed by atoms with E-state index in [9.17, 15) is 14.4 Å². The lowest BCUT2D eigenvalue weighted by Gasteiger charge is -2.15. The van der Waals surface area contributed by atoms with Crippen LogP contribution in [0.15, 0.2) is 17.5 Å². The van der Waals surface area contributed by atoms with Crippen molar-refractivity contribution in [3.05, 3.63) is 22.4 Å². The first-order valence-electron chi connectivity index (χ1n) is 6.38. The smallest absolute Gasteiger partial charge is 0.321 e. The summed E-state index contributed by atoms with van der Waals surface area (Å²) in [6, 6.07) is 3.15. The van der Waals surface area contributed by atoms with Crippen molar-refractivity contribution >= 4 is 29.2 Å². The van der Waals surface area contributed by atoms with Crippen LogP contribution in [0.3, 0.4) is 0 Å². The highest BCUT2D eigenvalue weighted by Crippen LogP contribution is 2.21. The number of carbonyl (C=O) groups excluding carboxylic acids is 2. The molecule has 110 valence electrons. The van der Waals surface area contributed by atoms with Crippen molar-refractivity contribution < 1.29 is 19.5 Å². The highest BCUT2D eigenvalue weighted by molar-refractivity contribution is 7.10. The number of carboxylic acid groups (broad SMARTS) is 1. The number of hydrogen-bond acceptors (Lipinski definition) is 4. The van der Waals surface area contributed by atoms with E-state index >= 15 is 0 Å². The van der Waals surface area contributed by atoms with Gasteiger partial charge in [-0.3, -0.25) is 14.9 Å². The monoisotopic (exact) mass is 298 g/mol. The van der Waals surface area contributed by atoms with Crippen molar-refractivity contribution in [2.45, 2.75) is 38.6 Å². The first-order valence-corrected chi connectivity index (χ1v) is 7.26. The molecule has 1 atom stereocenters. The van der Waals surface area contributed by atoms with E-state index in [1.54, 1.807) is 11.3 Å². The Hall–Kier alpha value is -1.89. The Morgan fingerprint density at radius 3 is 2.65 bits per heavy atom. The van der Waals surface area contributed by atoms with Crippen LogP contribution in [0.25, 0.3) is 0 Å². The molecule has 20 heavy (non-hydrogen) atoms. The zero-order chi connectivity index (χ0) is 15.0. The van der Waals surface area contributed by atoms with Crippen LogP contribution < -0.4 is 10.6 Å². The largest absolute Gasteiger partial charge is 0.481 e. The number of carbonyl (C=O) groups is 3. The van der Waals surface area contributed by atoms with Gasteiger partial charge in [-0.05, 0) is 24.3 Å². The molecule has 0 bridgehead atoms.